The average Bonchev–Trinajstić information content (AvgIpc) is 2.71. The number of anilines is 1. The van der Waals surface area contributed by atoms with Gasteiger partial charge in [-0.05, 0) is 31.5 Å². The molecule has 0 fully saturated rings. The van der Waals surface area contributed by atoms with Crippen molar-refractivity contribution in [2.24, 2.45) is 4.40 Å². The van der Waals surface area contributed by atoms with Gasteiger partial charge in [0.25, 0.3) is 11.2 Å². The van der Waals surface area contributed by atoms with Gasteiger partial charge < -0.3 is 0 Å². The standard InChI is InChI=1S/C23H20N2OS/c1-17-13-15-21(16-14-17)25-23(20-11-7-4-8-12-20)18(2)22(24-27(25)26)19-9-5-3-6-10-19/h3-16H,1-2H3. The molecule has 0 N–H and O–H groups in total. The summed E-state index contributed by atoms with van der Waals surface area (Å²) in [7, 11) is 0. The van der Waals surface area contributed by atoms with Crippen LogP contribution in [-0.2, 0) is 11.2 Å². The van der Waals surface area contributed by atoms with Gasteiger partial charge >= 0.3 is 0 Å². The largest absolute Gasteiger partial charge is 0.250 e. The zero-order chi connectivity index (χ0) is 18.8. The molecule has 1 atom stereocenters. The Morgan fingerprint density at radius 1 is 0.741 bits per heavy atom. The number of allylic oxidation sites excluding steroid dienone is 1. The predicted octanol–water partition coefficient (Wildman–Crippen LogP) is 5.31. The molecule has 0 amide bonds. The van der Waals surface area contributed by atoms with Crippen molar-refractivity contribution in [1.82, 2.24) is 0 Å². The van der Waals surface area contributed by atoms with Crippen LogP contribution in [0.1, 0.15) is 23.6 Å². The number of rotatable bonds is 3. The summed E-state index contributed by atoms with van der Waals surface area (Å²) in [6.07, 6.45) is 0. The van der Waals surface area contributed by atoms with Crippen LogP contribution >= 0.6 is 0 Å². The summed E-state index contributed by atoms with van der Waals surface area (Å²) in [5, 5.41) is 0. The van der Waals surface area contributed by atoms with Crippen LogP contribution < -0.4 is 4.31 Å². The highest BCUT2D eigenvalue weighted by atomic mass is 32.2. The molecule has 0 bridgehead atoms. The SMILES string of the molecule is CC1=C(c2ccccc2)N(c2ccc(C)cc2)S(=O)N=C1c1ccccc1. The Labute approximate surface area is 162 Å². The Bertz CT molecular complexity index is 1040. The van der Waals surface area contributed by atoms with Crippen molar-refractivity contribution in [1.29, 1.82) is 0 Å². The number of hydrogen-bond donors (Lipinski definition) is 0. The third kappa shape index (κ3) is 3.36. The van der Waals surface area contributed by atoms with Crippen molar-refractivity contribution in [3.63, 3.8) is 0 Å². The van der Waals surface area contributed by atoms with E-state index in [0.717, 1.165) is 39.4 Å². The second kappa shape index (κ2) is 7.33. The summed E-state index contributed by atoms with van der Waals surface area (Å²) in [5.74, 6) is 0. The molecular weight excluding hydrogens is 352 g/mol. The van der Waals surface area contributed by atoms with Gasteiger partial charge in [-0.2, -0.15) is 4.40 Å². The predicted molar refractivity (Wildman–Crippen MR) is 114 cm³/mol. The normalized spacial score (nSPS) is 17.0. The van der Waals surface area contributed by atoms with Crippen LogP contribution in [0.5, 0.6) is 0 Å². The molecule has 3 nitrogen and oxygen atoms in total. The van der Waals surface area contributed by atoms with E-state index in [9.17, 15) is 4.21 Å². The molecular formula is C23H20N2OS. The van der Waals surface area contributed by atoms with Crippen LogP contribution in [0.15, 0.2) is 94.9 Å². The van der Waals surface area contributed by atoms with Crippen LogP contribution in [0.25, 0.3) is 5.70 Å². The Hall–Kier alpha value is -2.98. The van der Waals surface area contributed by atoms with Gasteiger partial charge in [0.15, 0.2) is 0 Å². The highest BCUT2D eigenvalue weighted by molar-refractivity contribution is 7.86. The van der Waals surface area contributed by atoms with Crippen LogP contribution in [0.2, 0.25) is 0 Å². The monoisotopic (exact) mass is 372 g/mol. The molecule has 0 aromatic heterocycles. The van der Waals surface area contributed by atoms with E-state index in [1.54, 1.807) is 0 Å². The molecule has 27 heavy (non-hydrogen) atoms. The van der Waals surface area contributed by atoms with Gasteiger partial charge in [0.2, 0.25) is 0 Å². The summed E-state index contributed by atoms with van der Waals surface area (Å²) in [6.45, 7) is 4.09. The van der Waals surface area contributed by atoms with Gasteiger partial charge in [0.05, 0.1) is 17.1 Å². The van der Waals surface area contributed by atoms with Gasteiger partial charge in [-0.25, -0.2) is 8.51 Å². The molecule has 0 radical (unpaired) electrons. The lowest BCUT2D eigenvalue weighted by molar-refractivity contribution is 0.684. The van der Waals surface area contributed by atoms with Crippen LogP contribution in [-0.4, -0.2) is 9.92 Å². The Morgan fingerprint density at radius 2 is 1.30 bits per heavy atom. The lowest BCUT2D eigenvalue weighted by atomic mass is 9.98. The fourth-order valence-electron chi connectivity index (χ4n) is 3.22. The Morgan fingerprint density at radius 3 is 1.89 bits per heavy atom. The van der Waals surface area contributed by atoms with Gasteiger partial charge in [-0.15, -0.1) is 0 Å². The summed E-state index contributed by atoms with van der Waals surface area (Å²) in [5.41, 5.74) is 6.73. The summed E-state index contributed by atoms with van der Waals surface area (Å²) in [6, 6.07) is 28.1. The van der Waals surface area contributed by atoms with Crippen molar-refractivity contribution < 1.29 is 4.21 Å². The van der Waals surface area contributed by atoms with E-state index in [2.05, 4.69) is 4.40 Å². The maximum Gasteiger partial charge on any atom is 0.250 e. The molecule has 1 unspecified atom stereocenters. The van der Waals surface area contributed by atoms with Crippen molar-refractivity contribution in [3.8, 4) is 0 Å². The second-order valence-corrected chi connectivity index (χ2v) is 7.52. The first-order valence-corrected chi connectivity index (χ1v) is 9.91. The molecule has 1 heterocycles. The lowest BCUT2D eigenvalue weighted by Crippen LogP contribution is -2.30. The van der Waals surface area contributed by atoms with E-state index in [1.165, 1.54) is 0 Å². The highest BCUT2D eigenvalue weighted by Crippen LogP contribution is 2.35. The van der Waals surface area contributed by atoms with Gasteiger partial charge in [-0.3, -0.25) is 0 Å². The van der Waals surface area contributed by atoms with E-state index >= 15 is 0 Å². The molecule has 0 saturated carbocycles. The molecule has 3 aromatic rings. The highest BCUT2D eigenvalue weighted by Gasteiger charge is 2.29. The van der Waals surface area contributed by atoms with Crippen molar-refractivity contribution in [2.75, 3.05) is 4.31 Å². The van der Waals surface area contributed by atoms with Crippen LogP contribution in [0.4, 0.5) is 5.69 Å². The topological polar surface area (TPSA) is 32.7 Å². The second-order valence-electron chi connectivity index (χ2n) is 6.51. The Balaban J connectivity index is 1.92. The first-order chi connectivity index (χ1) is 13.1. The van der Waals surface area contributed by atoms with E-state index in [4.69, 9.17) is 0 Å². The molecule has 4 heteroatoms. The number of aryl methyl sites for hydroxylation is 1. The van der Waals surface area contributed by atoms with E-state index < -0.39 is 11.2 Å². The Kier molecular flexibility index (Phi) is 4.73. The van der Waals surface area contributed by atoms with Crippen LogP contribution in [0.3, 0.4) is 0 Å². The molecule has 1 aliphatic rings. The maximum absolute atomic E-state index is 13.2. The van der Waals surface area contributed by atoms with Crippen LogP contribution in [0, 0.1) is 6.92 Å². The van der Waals surface area contributed by atoms with Gasteiger partial charge in [0.1, 0.15) is 0 Å². The molecule has 4 rings (SSSR count). The summed E-state index contributed by atoms with van der Waals surface area (Å²) in [4.78, 5) is 0. The first-order valence-electron chi connectivity index (χ1n) is 8.85. The minimum atomic E-state index is -1.55. The number of benzene rings is 3. The third-order valence-electron chi connectivity index (χ3n) is 4.60. The molecule has 1 aliphatic heterocycles. The minimum absolute atomic E-state index is 0.774. The molecule has 3 aromatic carbocycles. The first kappa shape index (κ1) is 17.4. The van der Waals surface area contributed by atoms with Crippen molar-refractivity contribution >= 4 is 28.3 Å². The number of nitrogens with zero attached hydrogens (tertiary/aromatic N) is 2. The quantitative estimate of drug-likeness (QED) is 0.613. The van der Waals surface area contributed by atoms with E-state index in [0.29, 0.717) is 0 Å². The zero-order valence-corrected chi connectivity index (χ0v) is 16.1. The zero-order valence-electron chi connectivity index (χ0n) is 15.3. The van der Waals surface area contributed by atoms with Crippen molar-refractivity contribution in [2.45, 2.75) is 13.8 Å². The summed E-state index contributed by atoms with van der Waals surface area (Å²) >= 11 is -1.55. The van der Waals surface area contributed by atoms with E-state index in [-0.39, 0.29) is 0 Å². The molecule has 0 saturated heterocycles. The molecule has 0 spiro atoms. The average molecular weight is 372 g/mol. The van der Waals surface area contributed by atoms with Gasteiger partial charge in [-0.1, -0.05) is 78.4 Å². The van der Waals surface area contributed by atoms with E-state index in [1.807, 2.05) is 103 Å². The smallest absolute Gasteiger partial charge is 0.240 e. The van der Waals surface area contributed by atoms with Gasteiger partial charge in [0, 0.05) is 11.1 Å². The number of hydrogen-bond acceptors (Lipinski definition) is 1. The fourth-order valence-corrected chi connectivity index (χ4v) is 4.41. The third-order valence-corrected chi connectivity index (χ3v) is 5.65. The van der Waals surface area contributed by atoms with Crippen molar-refractivity contribution in [3.05, 3.63) is 107 Å². The lowest BCUT2D eigenvalue weighted by Gasteiger charge is -2.30. The maximum atomic E-state index is 13.2. The molecule has 0 aliphatic carbocycles. The minimum Gasteiger partial charge on any atom is -0.240 e. The summed E-state index contributed by atoms with van der Waals surface area (Å²) < 4.78 is 19.6. The fraction of sp³-hybridized carbons (Fsp3) is 0.0870. The molecule has 134 valence electrons.